The van der Waals surface area contributed by atoms with E-state index in [2.05, 4.69) is 5.32 Å². The van der Waals surface area contributed by atoms with Crippen molar-refractivity contribution in [2.24, 2.45) is 0 Å². The highest BCUT2D eigenvalue weighted by Crippen LogP contribution is 2.03. The number of carboxylic acids is 1. The molecule has 1 atom stereocenters. The summed E-state index contributed by atoms with van der Waals surface area (Å²) in [5.41, 5.74) is 1.15. The first-order valence-electron chi connectivity index (χ1n) is 7.33. The van der Waals surface area contributed by atoms with Crippen LogP contribution in [0.4, 0.5) is 4.79 Å². The number of carbonyl (C=O) groups excluding carboxylic acids is 1. The van der Waals surface area contributed by atoms with Gasteiger partial charge in [0.2, 0.25) is 0 Å². The van der Waals surface area contributed by atoms with E-state index in [1.165, 1.54) is 4.90 Å². The fraction of sp³-hybridized carbons (Fsp3) is 0.500. The number of carbonyl (C=O) groups is 2. The summed E-state index contributed by atoms with van der Waals surface area (Å²) in [6.45, 7) is 2.54. The fourth-order valence-corrected chi connectivity index (χ4v) is 1.97. The van der Waals surface area contributed by atoms with E-state index < -0.39 is 12.0 Å². The van der Waals surface area contributed by atoms with Crippen LogP contribution in [0.2, 0.25) is 0 Å². The molecule has 0 heterocycles. The molecule has 0 saturated heterocycles. The standard InChI is InChI=1S/C16H24N2O3/c1-3-4-10-14(15(19)20)17-16(21)18(2)12-11-13-8-6-5-7-9-13/h5-9,14H,3-4,10-12H2,1-2H3,(H,17,21)(H,19,20)/t14-/m0/s1. The monoisotopic (exact) mass is 292 g/mol. The normalized spacial score (nSPS) is 11.7. The van der Waals surface area contributed by atoms with Crippen LogP contribution in [0.5, 0.6) is 0 Å². The Bertz CT molecular complexity index is 448. The summed E-state index contributed by atoms with van der Waals surface area (Å²) in [5.74, 6) is -0.978. The van der Waals surface area contributed by atoms with E-state index in [1.54, 1.807) is 7.05 Å². The molecule has 0 saturated carbocycles. The Morgan fingerprint density at radius 1 is 1.29 bits per heavy atom. The summed E-state index contributed by atoms with van der Waals surface area (Å²) in [5, 5.41) is 11.7. The van der Waals surface area contributed by atoms with Gasteiger partial charge in [0.05, 0.1) is 0 Å². The van der Waals surface area contributed by atoms with Gasteiger partial charge < -0.3 is 15.3 Å². The molecule has 1 rings (SSSR count). The molecule has 0 radical (unpaired) electrons. The smallest absolute Gasteiger partial charge is 0.326 e. The molecular weight excluding hydrogens is 268 g/mol. The van der Waals surface area contributed by atoms with E-state index in [1.807, 2.05) is 37.3 Å². The Hall–Kier alpha value is -2.04. The summed E-state index contributed by atoms with van der Waals surface area (Å²) in [6.07, 6.45) is 2.90. The first-order chi connectivity index (χ1) is 10.0. The van der Waals surface area contributed by atoms with Gasteiger partial charge in [0.25, 0.3) is 0 Å². The number of benzene rings is 1. The molecule has 0 aliphatic heterocycles. The van der Waals surface area contributed by atoms with Crippen molar-refractivity contribution < 1.29 is 14.7 Å². The summed E-state index contributed by atoms with van der Waals surface area (Å²) >= 11 is 0. The summed E-state index contributed by atoms with van der Waals surface area (Å²) < 4.78 is 0. The lowest BCUT2D eigenvalue weighted by Crippen LogP contribution is -2.47. The maximum atomic E-state index is 12.0. The molecule has 0 aliphatic carbocycles. The van der Waals surface area contributed by atoms with Crippen molar-refractivity contribution in [2.45, 2.75) is 38.6 Å². The number of amides is 2. The third-order valence-electron chi connectivity index (χ3n) is 3.37. The predicted molar refractivity (Wildman–Crippen MR) is 82.3 cm³/mol. The van der Waals surface area contributed by atoms with Crippen LogP contribution in [-0.2, 0) is 11.2 Å². The minimum Gasteiger partial charge on any atom is -0.480 e. The number of carboxylic acid groups (broad SMARTS) is 1. The summed E-state index contributed by atoms with van der Waals surface area (Å²) in [7, 11) is 1.68. The Morgan fingerprint density at radius 3 is 2.52 bits per heavy atom. The largest absolute Gasteiger partial charge is 0.480 e. The zero-order chi connectivity index (χ0) is 15.7. The van der Waals surface area contributed by atoms with Crippen LogP contribution >= 0.6 is 0 Å². The van der Waals surface area contributed by atoms with E-state index in [4.69, 9.17) is 5.11 Å². The van der Waals surface area contributed by atoms with Gasteiger partial charge in [-0.2, -0.15) is 0 Å². The second kappa shape index (κ2) is 9.00. The van der Waals surface area contributed by atoms with Crippen LogP contribution in [0.1, 0.15) is 31.7 Å². The molecule has 116 valence electrons. The molecule has 21 heavy (non-hydrogen) atoms. The van der Waals surface area contributed by atoms with Gasteiger partial charge in [0.15, 0.2) is 0 Å². The predicted octanol–water partition coefficient (Wildman–Crippen LogP) is 2.51. The number of hydrogen-bond acceptors (Lipinski definition) is 2. The SMILES string of the molecule is CCCC[C@H](NC(=O)N(C)CCc1ccccc1)C(=O)O. The number of nitrogens with zero attached hydrogens (tertiary/aromatic N) is 1. The molecule has 1 aromatic rings. The van der Waals surface area contributed by atoms with Gasteiger partial charge >= 0.3 is 12.0 Å². The average molecular weight is 292 g/mol. The third kappa shape index (κ3) is 6.29. The number of likely N-dealkylation sites (N-methyl/N-ethyl adjacent to an activating group) is 1. The van der Waals surface area contributed by atoms with Crippen molar-refractivity contribution in [2.75, 3.05) is 13.6 Å². The fourth-order valence-electron chi connectivity index (χ4n) is 1.97. The van der Waals surface area contributed by atoms with Gasteiger partial charge in [-0.1, -0.05) is 50.1 Å². The van der Waals surface area contributed by atoms with Crippen LogP contribution in [-0.4, -0.2) is 41.6 Å². The van der Waals surface area contributed by atoms with Gasteiger partial charge in [-0.05, 0) is 18.4 Å². The van der Waals surface area contributed by atoms with Crippen LogP contribution in [0.25, 0.3) is 0 Å². The van der Waals surface area contributed by atoms with E-state index in [-0.39, 0.29) is 6.03 Å². The molecule has 0 bridgehead atoms. The Morgan fingerprint density at radius 2 is 1.95 bits per heavy atom. The first kappa shape index (κ1) is 17.0. The molecule has 5 nitrogen and oxygen atoms in total. The van der Waals surface area contributed by atoms with Gasteiger partial charge in [-0.3, -0.25) is 0 Å². The summed E-state index contributed by atoms with van der Waals surface area (Å²) in [4.78, 5) is 24.6. The topological polar surface area (TPSA) is 69.6 Å². The molecule has 0 unspecified atom stereocenters. The van der Waals surface area contributed by atoms with Crippen molar-refractivity contribution in [1.29, 1.82) is 0 Å². The maximum absolute atomic E-state index is 12.0. The van der Waals surface area contributed by atoms with Crippen molar-refractivity contribution in [1.82, 2.24) is 10.2 Å². The van der Waals surface area contributed by atoms with Crippen molar-refractivity contribution in [3.8, 4) is 0 Å². The lowest BCUT2D eigenvalue weighted by atomic mass is 10.1. The van der Waals surface area contributed by atoms with E-state index in [9.17, 15) is 9.59 Å². The van der Waals surface area contributed by atoms with Crippen LogP contribution in [0.15, 0.2) is 30.3 Å². The Balaban J connectivity index is 2.43. The Kier molecular flexibility index (Phi) is 7.29. The lowest BCUT2D eigenvalue weighted by molar-refractivity contribution is -0.139. The third-order valence-corrected chi connectivity index (χ3v) is 3.37. The number of aliphatic carboxylic acids is 1. The zero-order valence-electron chi connectivity index (χ0n) is 12.7. The van der Waals surface area contributed by atoms with Crippen molar-refractivity contribution in [3.05, 3.63) is 35.9 Å². The molecular formula is C16H24N2O3. The van der Waals surface area contributed by atoms with Gasteiger partial charge in [0.1, 0.15) is 6.04 Å². The molecule has 0 aromatic heterocycles. The van der Waals surface area contributed by atoms with E-state index in [0.717, 1.165) is 24.8 Å². The van der Waals surface area contributed by atoms with Gasteiger partial charge in [-0.15, -0.1) is 0 Å². The van der Waals surface area contributed by atoms with Crippen molar-refractivity contribution in [3.63, 3.8) is 0 Å². The van der Waals surface area contributed by atoms with Crippen LogP contribution in [0, 0.1) is 0 Å². The van der Waals surface area contributed by atoms with Gasteiger partial charge in [-0.25, -0.2) is 9.59 Å². The number of nitrogens with one attached hydrogen (secondary N) is 1. The van der Waals surface area contributed by atoms with Gasteiger partial charge in [0, 0.05) is 13.6 Å². The Labute approximate surface area is 126 Å². The number of urea groups is 1. The molecule has 0 aliphatic rings. The van der Waals surface area contributed by atoms with E-state index >= 15 is 0 Å². The minimum absolute atomic E-state index is 0.338. The van der Waals surface area contributed by atoms with E-state index in [0.29, 0.717) is 13.0 Å². The molecule has 2 amide bonds. The number of rotatable bonds is 8. The highest BCUT2D eigenvalue weighted by atomic mass is 16.4. The van der Waals surface area contributed by atoms with Crippen LogP contribution in [0.3, 0.4) is 0 Å². The lowest BCUT2D eigenvalue weighted by Gasteiger charge is -2.21. The van der Waals surface area contributed by atoms with Crippen LogP contribution < -0.4 is 5.32 Å². The number of unbranched alkanes of at least 4 members (excludes halogenated alkanes) is 1. The highest BCUT2D eigenvalue weighted by Gasteiger charge is 2.20. The maximum Gasteiger partial charge on any atom is 0.326 e. The first-order valence-corrected chi connectivity index (χ1v) is 7.33. The highest BCUT2D eigenvalue weighted by molar-refractivity contribution is 5.82. The summed E-state index contributed by atoms with van der Waals surface area (Å²) in [6, 6.07) is 8.73. The molecule has 0 spiro atoms. The molecule has 5 heteroatoms. The zero-order valence-corrected chi connectivity index (χ0v) is 12.7. The average Bonchev–Trinajstić information content (AvgIpc) is 2.49. The number of hydrogen-bond donors (Lipinski definition) is 2. The second-order valence-corrected chi connectivity index (χ2v) is 5.14. The molecule has 0 fully saturated rings. The quantitative estimate of drug-likeness (QED) is 0.773. The molecule has 2 N–H and O–H groups in total. The minimum atomic E-state index is -0.978. The molecule has 1 aromatic carbocycles. The van der Waals surface area contributed by atoms with Crippen molar-refractivity contribution >= 4 is 12.0 Å². The second-order valence-electron chi connectivity index (χ2n) is 5.14.